The average molecular weight is 1590 g/mol. The summed E-state index contributed by atoms with van der Waals surface area (Å²) in [4.78, 5) is 56.3. The Labute approximate surface area is 554 Å². The minimum absolute atomic E-state index is 0.0727. The first-order valence-electron chi connectivity index (χ1n) is 26.2. The van der Waals surface area contributed by atoms with Gasteiger partial charge in [0.15, 0.2) is 5.69 Å². The van der Waals surface area contributed by atoms with E-state index < -0.39 is 0 Å². The number of hydrogen-bond donors (Lipinski definition) is 0. The lowest BCUT2D eigenvalue weighted by molar-refractivity contribution is 1.19. The molecule has 0 aliphatic carbocycles. The van der Waals surface area contributed by atoms with Crippen LogP contribution in [0.1, 0.15) is 31.9 Å². The van der Waals surface area contributed by atoms with Crippen LogP contribution >= 0.6 is 112 Å². The molecule has 12 nitrogen and oxygen atoms in total. The molecule has 6 heterocycles. The number of rotatable bonds is 0. The number of pyridine rings is 3. The lowest BCUT2D eigenvalue weighted by atomic mass is 10.0. The second-order valence-corrected chi connectivity index (χ2v) is 20.9. The average Bonchev–Trinajstić information content (AvgIpc) is 1.60. The Kier molecular flexibility index (Phi) is 25.9. The molecule has 434 valence electrons. The Hall–Kier alpha value is -6.99. The van der Waals surface area contributed by atoms with Crippen LogP contribution in [0.25, 0.3) is 120 Å². The highest BCUT2D eigenvalue weighted by Crippen LogP contribution is 2.33. The maximum absolute atomic E-state index is 13.0. The van der Waals surface area contributed by atoms with Crippen LogP contribution in [0, 0.1) is 29.2 Å². The predicted molar refractivity (Wildman–Crippen MR) is 389 cm³/mol. The summed E-state index contributed by atoms with van der Waals surface area (Å²) in [6.45, 7) is 13.3. The van der Waals surface area contributed by atoms with E-state index in [0.29, 0.717) is 66.5 Å². The van der Waals surface area contributed by atoms with Crippen LogP contribution in [0.15, 0.2) is 178 Å². The lowest BCUT2D eigenvalue weighted by Gasteiger charge is -2.06. The Morgan fingerprint density at radius 1 is 0.407 bits per heavy atom. The van der Waals surface area contributed by atoms with E-state index in [1.165, 1.54) is 0 Å². The number of alkyl halides is 7. The van der Waals surface area contributed by atoms with Gasteiger partial charge in [0, 0.05) is 64.5 Å². The van der Waals surface area contributed by atoms with Gasteiger partial charge in [-0.3, -0.25) is 27.6 Å². The van der Waals surface area contributed by atoms with Gasteiger partial charge in [-0.05, 0) is 106 Å². The molecule has 15 rings (SSSR count). The summed E-state index contributed by atoms with van der Waals surface area (Å²) in [5.74, 6) is 7.25. The molecule has 9 aromatic carbocycles. The Bertz CT molecular complexity index is 4830. The fourth-order valence-electron chi connectivity index (χ4n) is 10.1. The zero-order chi connectivity index (χ0) is 62.8. The van der Waals surface area contributed by atoms with E-state index in [4.69, 9.17) is 17.1 Å². The van der Waals surface area contributed by atoms with Crippen LogP contribution in [-0.2, 0) is 0 Å². The Balaban J connectivity index is 0.000000183. The van der Waals surface area contributed by atoms with Gasteiger partial charge in [0.25, 0.3) is 16.7 Å². The topological polar surface area (TPSA) is 155 Å². The number of fused-ring (bicyclic) bond motifs is 12. The summed E-state index contributed by atoms with van der Waals surface area (Å²) in [5.41, 5.74) is 7.49. The van der Waals surface area contributed by atoms with E-state index in [1.54, 1.807) is 67.8 Å². The van der Waals surface area contributed by atoms with Gasteiger partial charge in [0.2, 0.25) is 0 Å². The minimum Gasteiger partial charge on any atom is -0.268 e. The van der Waals surface area contributed by atoms with Crippen LogP contribution in [-0.4, -0.2) is 67.5 Å². The van der Waals surface area contributed by atoms with Crippen molar-refractivity contribution in [3.05, 3.63) is 217 Å². The number of nitrogens with zero attached hydrogens (tertiary/aromatic N) is 9. The van der Waals surface area contributed by atoms with Crippen molar-refractivity contribution in [2.45, 2.75) is 20.8 Å². The summed E-state index contributed by atoms with van der Waals surface area (Å²) in [7, 11) is 0. The van der Waals surface area contributed by atoms with Crippen molar-refractivity contribution in [2.75, 3.05) is 39.3 Å². The molecule has 0 atom stereocenters. The predicted octanol–water partition coefficient (Wildman–Crippen LogP) is 19.3. The number of halogens is 7. The van der Waals surface area contributed by atoms with Gasteiger partial charge in [-0.15, -0.1) is 0 Å². The molecule has 0 saturated heterocycles. The number of aromatic nitrogens is 6. The van der Waals surface area contributed by atoms with Gasteiger partial charge in [-0.2, -0.15) is 10.5 Å². The molecular weight excluding hydrogens is 1540 g/mol. The van der Waals surface area contributed by atoms with E-state index in [0.717, 1.165) is 81.0 Å². The highest BCUT2D eigenvalue weighted by atomic mass is 79.9. The Morgan fingerprint density at radius 2 is 0.698 bits per heavy atom. The highest BCUT2D eigenvalue weighted by molar-refractivity contribution is 9.10. The molecule has 15 aromatic rings. The minimum atomic E-state index is -0.0890. The monoisotopic (exact) mass is 1580 g/mol. The van der Waals surface area contributed by atoms with Gasteiger partial charge >= 0.3 is 0 Å². The smallest absolute Gasteiger partial charge is 0.264 e. The molecule has 19 heteroatoms. The van der Waals surface area contributed by atoms with Crippen molar-refractivity contribution < 1.29 is 0 Å². The van der Waals surface area contributed by atoms with Crippen molar-refractivity contribution in [3.8, 4) is 12.1 Å². The summed E-state index contributed by atoms with van der Waals surface area (Å²) in [5, 5.41) is 32.2. The molecule has 0 saturated carbocycles. The molecule has 0 aliphatic rings. The van der Waals surface area contributed by atoms with Crippen molar-refractivity contribution >= 4 is 232 Å². The van der Waals surface area contributed by atoms with Gasteiger partial charge in [0.05, 0.1) is 62.9 Å². The van der Waals surface area contributed by atoms with E-state index >= 15 is 0 Å². The standard InChI is InChI=1S/3C19H9N3O.3C2H5Br.4CH3Br/c1-20-12-8-9-15-16(10-12)22-18(21-15)13-6-2-4-11-5-3-7-14(17(11)13)19(22)23;2*20-10-11-7-8-16-15(9-11)21-18-13-5-1-3-12-4-2-6-14(17(12)13)19(23)22(16)18;3*1-2-3;4*1-2/h2-10H;2*1-9H;3*2H2,1H3;4*1H3. The third-order valence-electron chi connectivity index (χ3n) is 13.1. The SMILES string of the molecule is CBr.CBr.CBr.CBr.CCBr.CCBr.CCBr.N#Cc1ccc2c(c1)nc1c3cccc4cccc(c(=O)n21)c43.N#Cc1ccc2c(c1)nc1c3cccc4cccc(c(=O)n21)c43.[C-]#[N+]c1ccc2nc3c4cccc5cccc(c(=O)n3c2c1)c54. The van der Waals surface area contributed by atoms with Crippen LogP contribution < -0.4 is 16.7 Å². The van der Waals surface area contributed by atoms with Crippen molar-refractivity contribution in [2.24, 2.45) is 0 Å². The molecular formula is C67H54Br7N9O3. The summed E-state index contributed by atoms with van der Waals surface area (Å²) in [6.07, 6.45) is 0. The maximum Gasteiger partial charge on any atom is 0.264 e. The molecule has 6 aromatic heterocycles. The van der Waals surface area contributed by atoms with Crippen molar-refractivity contribution in [3.63, 3.8) is 0 Å². The number of imidazole rings is 3. The Morgan fingerprint density at radius 3 is 1.00 bits per heavy atom. The number of nitriles is 2. The first-order chi connectivity index (χ1) is 42.1. The molecule has 0 aliphatic heterocycles. The second-order valence-electron chi connectivity index (χ2n) is 17.6. The van der Waals surface area contributed by atoms with E-state index in [1.807, 2.05) is 153 Å². The molecule has 0 unspecified atom stereocenters. The van der Waals surface area contributed by atoms with Crippen LogP contribution in [0.5, 0.6) is 0 Å². The third kappa shape index (κ3) is 13.4. The largest absolute Gasteiger partial charge is 0.268 e. The van der Waals surface area contributed by atoms with Crippen molar-refractivity contribution in [1.29, 1.82) is 10.5 Å². The van der Waals surface area contributed by atoms with Gasteiger partial charge in [-0.25, -0.2) is 19.8 Å². The lowest BCUT2D eigenvalue weighted by Crippen LogP contribution is -2.13. The van der Waals surface area contributed by atoms with Crippen LogP contribution in [0.4, 0.5) is 5.69 Å². The molecule has 0 spiro atoms. The van der Waals surface area contributed by atoms with Gasteiger partial charge in [0.1, 0.15) is 16.9 Å². The zero-order valence-electron chi connectivity index (χ0n) is 47.6. The second kappa shape index (κ2) is 32.7. The normalized spacial score (nSPS) is 10.2. The van der Waals surface area contributed by atoms with Crippen molar-refractivity contribution in [1.82, 2.24) is 28.2 Å². The zero-order valence-corrected chi connectivity index (χ0v) is 58.7. The molecule has 0 radical (unpaired) electrons. The van der Waals surface area contributed by atoms with Crippen LogP contribution in [0.3, 0.4) is 0 Å². The summed E-state index contributed by atoms with van der Waals surface area (Å²) in [6, 6.07) is 55.1. The number of benzene rings is 9. The third-order valence-corrected chi connectivity index (χ3v) is 13.1. The molecule has 0 bridgehead atoms. The first-order valence-corrected chi connectivity index (χ1v) is 35.9. The fourth-order valence-corrected chi connectivity index (χ4v) is 10.1. The summed E-state index contributed by atoms with van der Waals surface area (Å²) < 4.78 is 4.92. The molecule has 0 N–H and O–H groups in total. The quantitative estimate of drug-likeness (QED) is 0.107. The van der Waals surface area contributed by atoms with Crippen LogP contribution in [0.2, 0.25) is 0 Å². The van der Waals surface area contributed by atoms with E-state index in [2.05, 4.69) is 143 Å². The summed E-state index contributed by atoms with van der Waals surface area (Å²) >= 11 is 21.2. The molecule has 86 heavy (non-hydrogen) atoms. The molecule has 0 amide bonds. The maximum atomic E-state index is 13.0. The highest BCUT2D eigenvalue weighted by Gasteiger charge is 2.19. The van der Waals surface area contributed by atoms with E-state index in [9.17, 15) is 14.4 Å². The molecule has 0 fully saturated rings. The number of hydrogen-bond acceptors (Lipinski definition) is 8. The van der Waals surface area contributed by atoms with E-state index in [-0.39, 0.29) is 16.7 Å². The first kappa shape index (κ1) is 68.1. The van der Waals surface area contributed by atoms with Gasteiger partial charge in [-0.1, -0.05) is 229 Å². The van der Waals surface area contributed by atoms with Gasteiger partial charge < -0.3 is 0 Å². The fraction of sp³-hybridized carbons (Fsp3) is 0.149.